The quantitative estimate of drug-likeness (QED) is 0.590. The molecule has 0 unspecified atom stereocenters. The van der Waals surface area contributed by atoms with Gasteiger partial charge in [-0.25, -0.2) is 0 Å². The van der Waals surface area contributed by atoms with Crippen LogP contribution in [0.2, 0.25) is 0 Å². The van der Waals surface area contributed by atoms with Crippen molar-refractivity contribution in [2.75, 3.05) is 38.8 Å². The number of aliphatic carboxylic acids is 1. The van der Waals surface area contributed by atoms with E-state index in [2.05, 4.69) is 0 Å². The van der Waals surface area contributed by atoms with Gasteiger partial charge in [-0.3, -0.25) is 9.59 Å². The maximum absolute atomic E-state index is 11.9. The highest BCUT2D eigenvalue weighted by atomic mass is 32.2. The Bertz CT molecular complexity index is 250. The van der Waals surface area contributed by atoms with E-state index in [1.54, 1.807) is 11.8 Å². The molecule has 0 bridgehead atoms. The molecule has 7 heteroatoms. The molecule has 0 rings (SSSR count). The molecule has 0 saturated heterocycles. The van der Waals surface area contributed by atoms with Crippen molar-refractivity contribution in [1.82, 2.24) is 4.90 Å². The van der Waals surface area contributed by atoms with E-state index < -0.39 is 12.0 Å². The van der Waals surface area contributed by atoms with Crippen LogP contribution in [0.25, 0.3) is 0 Å². The first-order valence-corrected chi connectivity index (χ1v) is 6.66. The molecule has 0 heterocycles. The van der Waals surface area contributed by atoms with E-state index >= 15 is 0 Å². The molecule has 17 heavy (non-hydrogen) atoms. The normalized spacial score (nSPS) is 12.2. The Morgan fingerprint density at radius 3 is 2.65 bits per heavy atom. The number of ether oxygens (including phenoxy) is 1. The third kappa shape index (κ3) is 7.19. The zero-order valence-electron chi connectivity index (χ0n) is 10.2. The van der Waals surface area contributed by atoms with Gasteiger partial charge in [-0.05, 0) is 18.4 Å². The monoisotopic (exact) mass is 264 g/mol. The van der Waals surface area contributed by atoms with Gasteiger partial charge in [-0.2, -0.15) is 11.8 Å². The predicted octanol–water partition coefficient (Wildman–Crippen LogP) is -0.374. The summed E-state index contributed by atoms with van der Waals surface area (Å²) in [6.07, 6.45) is 2.47. The Hall–Kier alpha value is -0.790. The molecule has 6 nitrogen and oxygen atoms in total. The lowest BCUT2D eigenvalue weighted by Gasteiger charge is -2.23. The summed E-state index contributed by atoms with van der Waals surface area (Å²) in [7, 11) is 1.50. The number of carbonyl (C=O) groups is 2. The van der Waals surface area contributed by atoms with E-state index in [1.807, 2.05) is 6.26 Å². The second kappa shape index (κ2) is 9.26. The zero-order valence-corrected chi connectivity index (χ0v) is 11.0. The van der Waals surface area contributed by atoms with Gasteiger partial charge in [0, 0.05) is 13.7 Å². The molecule has 0 aliphatic carbocycles. The molecule has 0 aliphatic heterocycles. The van der Waals surface area contributed by atoms with Crippen molar-refractivity contribution < 1.29 is 19.4 Å². The molecule has 100 valence electrons. The topological polar surface area (TPSA) is 92.9 Å². The number of carboxylic acid groups (broad SMARTS) is 1. The van der Waals surface area contributed by atoms with Gasteiger partial charge in [0.1, 0.15) is 6.54 Å². The summed E-state index contributed by atoms with van der Waals surface area (Å²) >= 11 is 1.60. The maximum Gasteiger partial charge on any atom is 0.323 e. The molecule has 0 aliphatic rings. The average molecular weight is 264 g/mol. The summed E-state index contributed by atoms with van der Waals surface area (Å²) in [6, 6.07) is -0.640. The molecule has 0 aromatic carbocycles. The van der Waals surface area contributed by atoms with Crippen molar-refractivity contribution in [3.05, 3.63) is 0 Å². The molecular formula is C10H20N2O4S. The highest BCUT2D eigenvalue weighted by molar-refractivity contribution is 7.98. The minimum atomic E-state index is -1.05. The molecule has 0 saturated carbocycles. The molecular weight excluding hydrogens is 244 g/mol. The van der Waals surface area contributed by atoms with Crippen LogP contribution in [0.1, 0.15) is 6.42 Å². The van der Waals surface area contributed by atoms with E-state index in [4.69, 9.17) is 15.6 Å². The van der Waals surface area contributed by atoms with Crippen molar-refractivity contribution in [2.45, 2.75) is 12.5 Å². The number of nitrogens with two attached hydrogens (primary N) is 1. The fourth-order valence-electron chi connectivity index (χ4n) is 1.23. The molecule has 0 fully saturated rings. The van der Waals surface area contributed by atoms with Crippen molar-refractivity contribution in [1.29, 1.82) is 0 Å². The highest BCUT2D eigenvalue weighted by Gasteiger charge is 2.22. The summed E-state index contributed by atoms with van der Waals surface area (Å²) in [5.74, 6) is -0.608. The van der Waals surface area contributed by atoms with E-state index in [-0.39, 0.29) is 19.0 Å². The van der Waals surface area contributed by atoms with Crippen LogP contribution in [-0.4, -0.2) is 66.7 Å². The number of amides is 1. The summed E-state index contributed by atoms with van der Waals surface area (Å²) in [6.45, 7) is 0.206. The summed E-state index contributed by atoms with van der Waals surface area (Å²) in [4.78, 5) is 23.7. The number of carboxylic acids is 1. The minimum absolute atomic E-state index is 0.245. The lowest BCUT2D eigenvalue weighted by atomic mass is 10.2. The lowest BCUT2D eigenvalue weighted by molar-refractivity contribution is -0.145. The SMILES string of the molecule is COCCN(CC(=O)O)C(=O)[C@@H](N)CCSC. The Morgan fingerprint density at radius 2 is 2.18 bits per heavy atom. The van der Waals surface area contributed by atoms with Gasteiger partial charge in [0.05, 0.1) is 12.6 Å². The number of hydrogen-bond donors (Lipinski definition) is 2. The van der Waals surface area contributed by atoms with E-state index in [0.717, 1.165) is 5.75 Å². The third-order valence-electron chi connectivity index (χ3n) is 2.15. The summed E-state index contributed by atoms with van der Waals surface area (Å²) < 4.78 is 4.83. The molecule has 0 aromatic rings. The first kappa shape index (κ1) is 16.2. The zero-order chi connectivity index (χ0) is 13.3. The Labute approximate surface area is 105 Å². The van der Waals surface area contributed by atoms with Gasteiger partial charge in [-0.15, -0.1) is 0 Å². The van der Waals surface area contributed by atoms with Gasteiger partial charge >= 0.3 is 5.97 Å². The van der Waals surface area contributed by atoms with Crippen LogP contribution in [0, 0.1) is 0 Å². The van der Waals surface area contributed by atoms with Crippen LogP contribution in [0.3, 0.4) is 0 Å². The van der Waals surface area contributed by atoms with Crippen LogP contribution in [-0.2, 0) is 14.3 Å². The molecule has 1 amide bonds. The van der Waals surface area contributed by atoms with Crippen molar-refractivity contribution in [3.8, 4) is 0 Å². The van der Waals surface area contributed by atoms with Crippen LogP contribution in [0.5, 0.6) is 0 Å². The third-order valence-corrected chi connectivity index (χ3v) is 2.80. The van der Waals surface area contributed by atoms with Gasteiger partial charge < -0.3 is 20.5 Å². The summed E-state index contributed by atoms with van der Waals surface area (Å²) in [5.41, 5.74) is 5.71. The fourth-order valence-corrected chi connectivity index (χ4v) is 1.72. The number of nitrogens with zero attached hydrogens (tertiary/aromatic N) is 1. The largest absolute Gasteiger partial charge is 0.480 e. The fraction of sp³-hybridized carbons (Fsp3) is 0.800. The molecule has 1 atom stereocenters. The van der Waals surface area contributed by atoms with Gasteiger partial charge in [-0.1, -0.05) is 0 Å². The number of methoxy groups -OCH3 is 1. The van der Waals surface area contributed by atoms with Crippen LogP contribution in [0.4, 0.5) is 0 Å². The van der Waals surface area contributed by atoms with Gasteiger partial charge in [0.15, 0.2) is 0 Å². The van der Waals surface area contributed by atoms with Gasteiger partial charge in [0.25, 0.3) is 0 Å². The van der Waals surface area contributed by atoms with Crippen molar-refractivity contribution in [2.24, 2.45) is 5.73 Å². The standard InChI is InChI=1S/C10H20N2O4S/c1-16-5-4-12(7-9(13)14)10(15)8(11)3-6-17-2/h8H,3-7,11H2,1-2H3,(H,13,14)/t8-/m0/s1. The molecule has 0 spiro atoms. The average Bonchev–Trinajstić information content (AvgIpc) is 2.29. The van der Waals surface area contributed by atoms with Crippen LogP contribution >= 0.6 is 11.8 Å². The number of thioether (sulfide) groups is 1. The van der Waals surface area contributed by atoms with Crippen LogP contribution < -0.4 is 5.73 Å². The van der Waals surface area contributed by atoms with Gasteiger partial charge in [0.2, 0.25) is 5.91 Å². The second-order valence-electron chi connectivity index (χ2n) is 3.53. The van der Waals surface area contributed by atoms with E-state index in [0.29, 0.717) is 13.0 Å². The Morgan fingerprint density at radius 1 is 1.53 bits per heavy atom. The highest BCUT2D eigenvalue weighted by Crippen LogP contribution is 2.02. The number of rotatable bonds is 9. The summed E-state index contributed by atoms with van der Waals surface area (Å²) in [5, 5.41) is 8.71. The molecule has 0 aromatic heterocycles. The smallest absolute Gasteiger partial charge is 0.323 e. The Balaban J connectivity index is 4.33. The predicted molar refractivity (Wildman–Crippen MR) is 67.1 cm³/mol. The first-order valence-electron chi connectivity index (χ1n) is 5.27. The second-order valence-corrected chi connectivity index (χ2v) is 4.52. The van der Waals surface area contributed by atoms with Crippen molar-refractivity contribution in [3.63, 3.8) is 0 Å². The minimum Gasteiger partial charge on any atom is -0.480 e. The van der Waals surface area contributed by atoms with E-state index in [1.165, 1.54) is 12.0 Å². The van der Waals surface area contributed by atoms with E-state index in [9.17, 15) is 9.59 Å². The van der Waals surface area contributed by atoms with Crippen molar-refractivity contribution >= 4 is 23.6 Å². The number of hydrogen-bond acceptors (Lipinski definition) is 5. The molecule has 3 N–H and O–H groups in total. The first-order chi connectivity index (χ1) is 8.02. The maximum atomic E-state index is 11.9. The number of carbonyl (C=O) groups excluding carboxylic acids is 1. The molecule has 0 radical (unpaired) electrons. The van der Waals surface area contributed by atoms with Crippen LogP contribution in [0.15, 0.2) is 0 Å². The Kier molecular flexibility index (Phi) is 8.83. The lowest BCUT2D eigenvalue weighted by Crippen LogP contribution is -2.47.